The van der Waals surface area contributed by atoms with E-state index in [1.807, 2.05) is 32.0 Å². The third-order valence-electron chi connectivity index (χ3n) is 6.04. The number of nitrogens with one attached hydrogen (secondary N) is 1. The number of hydrogen-bond donors (Lipinski definition) is 2. The van der Waals surface area contributed by atoms with Gasteiger partial charge in [-0.1, -0.05) is 43.1 Å². The van der Waals surface area contributed by atoms with Crippen LogP contribution < -0.4 is 15.9 Å². The van der Waals surface area contributed by atoms with E-state index >= 15 is 0 Å². The zero-order valence-electron chi connectivity index (χ0n) is 20.5. The number of phenolic OH excluding ortho intramolecular Hbond substituents is 1. The minimum absolute atomic E-state index is 0.0996. The number of pyridine rings is 1. The third kappa shape index (κ3) is 5.14. The Labute approximate surface area is 220 Å². The number of aryl methyl sites for hydroxylation is 1. The molecule has 9 heteroatoms. The van der Waals surface area contributed by atoms with Crippen LogP contribution in [0.4, 0.5) is 5.82 Å². The number of benzene rings is 2. The number of hydrogen-bond acceptors (Lipinski definition) is 5. The molecule has 0 amide bonds. The number of rotatable bonds is 4. The first-order valence-corrected chi connectivity index (χ1v) is 12.7. The van der Waals surface area contributed by atoms with Gasteiger partial charge in [0.1, 0.15) is 11.6 Å². The zero-order valence-corrected chi connectivity index (χ0v) is 22.0. The lowest BCUT2D eigenvalue weighted by Crippen LogP contribution is -2.43. The summed E-state index contributed by atoms with van der Waals surface area (Å²) in [6.45, 7) is 7.56. The van der Waals surface area contributed by atoms with Crippen LogP contribution in [0.25, 0.3) is 27.9 Å². The molecule has 0 atom stereocenters. The Morgan fingerprint density at radius 2 is 1.61 bits per heavy atom. The number of nitrogens with zero attached hydrogens (tertiary/aromatic N) is 4. The number of aromatic hydroxyl groups is 1. The summed E-state index contributed by atoms with van der Waals surface area (Å²) in [7, 11) is 1.68. The van der Waals surface area contributed by atoms with Gasteiger partial charge < -0.3 is 19.9 Å². The molecular weight excluding hydrogens is 497 g/mol. The van der Waals surface area contributed by atoms with E-state index in [4.69, 9.17) is 23.2 Å². The van der Waals surface area contributed by atoms with E-state index in [0.29, 0.717) is 32.4 Å². The molecule has 4 aromatic rings. The van der Waals surface area contributed by atoms with Gasteiger partial charge in [0.2, 0.25) is 0 Å². The summed E-state index contributed by atoms with van der Waals surface area (Å²) in [6.07, 6.45) is 5.08. The van der Waals surface area contributed by atoms with Crippen molar-refractivity contribution < 1.29 is 5.11 Å². The van der Waals surface area contributed by atoms with Crippen molar-refractivity contribution >= 4 is 29.0 Å². The van der Waals surface area contributed by atoms with Crippen molar-refractivity contribution in [3.05, 3.63) is 81.6 Å². The molecule has 2 aromatic heterocycles. The Bertz CT molecular complexity index is 1420. The maximum atomic E-state index is 12.3. The molecule has 0 spiro atoms. The minimum Gasteiger partial charge on any atom is -0.507 e. The quantitative estimate of drug-likeness (QED) is 0.375. The van der Waals surface area contributed by atoms with Crippen molar-refractivity contribution in [1.29, 1.82) is 0 Å². The topological polar surface area (TPSA) is 75.3 Å². The van der Waals surface area contributed by atoms with Crippen LogP contribution in [-0.2, 0) is 7.05 Å². The van der Waals surface area contributed by atoms with Crippen molar-refractivity contribution in [3.63, 3.8) is 0 Å². The molecular formula is C27H29Cl2N5O2. The second kappa shape index (κ2) is 11.2. The molecule has 36 heavy (non-hydrogen) atoms. The fourth-order valence-electron chi connectivity index (χ4n) is 4.21. The summed E-state index contributed by atoms with van der Waals surface area (Å²) in [5.41, 5.74) is 3.05. The van der Waals surface area contributed by atoms with Crippen molar-refractivity contribution in [1.82, 2.24) is 19.4 Å². The van der Waals surface area contributed by atoms with Crippen molar-refractivity contribution in [3.8, 4) is 33.7 Å². The van der Waals surface area contributed by atoms with Gasteiger partial charge in [-0.2, -0.15) is 0 Å². The Balaban J connectivity index is 0.00000148. The van der Waals surface area contributed by atoms with Gasteiger partial charge in [0.15, 0.2) is 0 Å². The van der Waals surface area contributed by atoms with E-state index in [1.54, 1.807) is 49.9 Å². The monoisotopic (exact) mass is 525 g/mol. The Morgan fingerprint density at radius 1 is 0.944 bits per heavy atom. The number of phenols is 1. The lowest BCUT2D eigenvalue weighted by atomic mass is 9.97. The second-order valence-corrected chi connectivity index (χ2v) is 9.06. The highest BCUT2D eigenvalue weighted by atomic mass is 35.5. The van der Waals surface area contributed by atoms with Gasteiger partial charge >= 0.3 is 5.69 Å². The van der Waals surface area contributed by atoms with Gasteiger partial charge in [0.25, 0.3) is 0 Å². The summed E-state index contributed by atoms with van der Waals surface area (Å²) >= 11 is 13.0. The summed E-state index contributed by atoms with van der Waals surface area (Å²) in [6, 6.07) is 12.6. The SMILES string of the molecule is CC.Cn1ccn(-c2ccc(-c3cc(Cl)cc(-c4ccnc(N5CCNCC5)c4)c3O)cc2Cl)c1=O. The van der Waals surface area contributed by atoms with Crippen LogP contribution in [0.5, 0.6) is 5.75 Å². The molecule has 188 valence electrons. The number of halogens is 2. The van der Waals surface area contributed by atoms with E-state index in [-0.39, 0.29) is 11.4 Å². The summed E-state index contributed by atoms with van der Waals surface area (Å²) in [4.78, 5) is 19.0. The highest BCUT2D eigenvalue weighted by molar-refractivity contribution is 6.33. The number of aromatic nitrogens is 3. The minimum atomic E-state index is -0.194. The molecule has 0 saturated carbocycles. The van der Waals surface area contributed by atoms with Gasteiger partial charge in [0, 0.05) is 68.0 Å². The Morgan fingerprint density at radius 3 is 2.22 bits per heavy atom. The average molecular weight is 526 g/mol. The predicted molar refractivity (Wildman–Crippen MR) is 148 cm³/mol. The lowest BCUT2D eigenvalue weighted by Gasteiger charge is -2.28. The summed E-state index contributed by atoms with van der Waals surface area (Å²) < 4.78 is 2.95. The molecule has 0 unspecified atom stereocenters. The van der Waals surface area contributed by atoms with Crippen LogP contribution in [0, 0.1) is 0 Å². The fraction of sp³-hybridized carbons (Fsp3) is 0.259. The van der Waals surface area contributed by atoms with Gasteiger partial charge in [0.05, 0.1) is 10.7 Å². The van der Waals surface area contributed by atoms with Crippen molar-refractivity contribution in [2.24, 2.45) is 7.05 Å². The molecule has 7 nitrogen and oxygen atoms in total. The van der Waals surface area contributed by atoms with Crippen LogP contribution in [0.2, 0.25) is 10.0 Å². The normalized spacial score (nSPS) is 13.3. The second-order valence-electron chi connectivity index (χ2n) is 8.22. The first-order chi connectivity index (χ1) is 17.4. The third-order valence-corrected chi connectivity index (χ3v) is 6.56. The zero-order chi connectivity index (χ0) is 25.8. The standard InChI is InChI=1S/C25H23Cl2N5O2.C2H6/c1-30-10-11-32(25(30)34)22-3-2-16(12-21(22)27)19-14-18(26)15-20(24(19)33)17-4-5-29-23(13-17)31-8-6-28-7-9-31;1-2/h2-5,10-15,28,33H,6-9H2,1H3;1-2H3. The highest BCUT2D eigenvalue weighted by Crippen LogP contribution is 2.42. The predicted octanol–water partition coefficient (Wildman–Crippen LogP) is 5.35. The summed E-state index contributed by atoms with van der Waals surface area (Å²) in [5, 5.41) is 15.5. The molecule has 1 fully saturated rings. The molecule has 0 aliphatic carbocycles. The van der Waals surface area contributed by atoms with E-state index < -0.39 is 0 Å². The molecule has 1 aliphatic heterocycles. The van der Waals surface area contributed by atoms with E-state index in [2.05, 4.69) is 15.2 Å². The molecule has 0 bridgehead atoms. The van der Waals surface area contributed by atoms with Gasteiger partial charge in [-0.3, -0.25) is 4.57 Å². The van der Waals surface area contributed by atoms with Crippen LogP contribution in [-0.4, -0.2) is 45.4 Å². The van der Waals surface area contributed by atoms with E-state index in [1.165, 1.54) is 9.13 Å². The number of piperazine rings is 1. The van der Waals surface area contributed by atoms with Crippen molar-refractivity contribution in [2.75, 3.05) is 31.1 Å². The number of imidazole rings is 1. The highest BCUT2D eigenvalue weighted by Gasteiger charge is 2.17. The Kier molecular flexibility index (Phi) is 8.04. The molecule has 5 rings (SSSR count). The first-order valence-electron chi connectivity index (χ1n) is 11.9. The molecule has 3 heterocycles. The molecule has 0 radical (unpaired) electrons. The van der Waals surface area contributed by atoms with Crippen molar-refractivity contribution in [2.45, 2.75) is 13.8 Å². The lowest BCUT2D eigenvalue weighted by molar-refractivity contribution is 0.479. The molecule has 2 N–H and O–H groups in total. The molecule has 2 aromatic carbocycles. The first kappa shape index (κ1) is 25.8. The van der Waals surface area contributed by atoms with Crippen LogP contribution in [0.3, 0.4) is 0 Å². The van der Waals surface area contributed by atoms with E-state index in [9.17, 15) is 9.90 Å². The summed E-state index contributed by atoms with van der Waals surface area (Å²) in [5.74, 6) is 0.961. The maximum Gasteiger partial charge on any atom is 0.332 e. The number of anilines is 1. The molecule has 1 aliphatic rings. The van der Waals surface area contributed by atoms with Crippen LogP contribution >= 0.6 is 23.2 Å². The van der Waals surface area contributed by atoms with Gasteiger partial charge in [-0.15, -0.1) is 0 Å². The maximum absolute atomic E-state index is 12.3. The Hall–Kier alpha value is -3.26. The largest absolute Gasteiger partial charge is 0.507 e. The van der Waals surface area contributed by atoms with Crippen LogP contribution in [0.15, 0.2) is 65.8 Å². The smallest absolute Gasteiger partial charge is 0.332 e. The fourth-order valence-corrected chi connectivity index (χ4v) is 4.70. The van der Waals surface area contributed by atoms with Gasteiger partial charge in [-0.05, 0) is 47.5 Å². The van der Waals surface area contributed by atoms with E-state index in [0.717, 1.165) is 37.6 Å². The average Bonchev–Trinajstić information content (AvgIpc) is 3.24. The van der Waals surface area contributed by atoms with Gasteiger partial charge in [-0.25, -0.2) is 9.78 Å². The van der Waals surface area contributed by atoms with Crippen LogP contribution in [0.1, 0.15) is 13.8 Å². The molecule has 1 saturated heterocycles.